The monoisotopic (exact) mass is 772 g/mol. The number of fused-ring (bicyclic) bond motifs is 16. The highest BCUT2D eigenvalue weighted by Crippen LogP contribution is 2.21. The molecule has 2 bridgehead atoms. The van der Waals surface area contributed by atoms with Crippen LogP contribution >= 0.6 is 11.3 Å². The van der Waals surface area contributed by atoms with Crippen LogP contribution in [-0.4, -0.2) is 67.5 Å². The van der Waals surface area contributed by atoms with Crippen LogP contribution in [0.2, 0.25) is 0 Å². The van der Waals surface area contributed by atoms with Gasteiger partial charge in [0, 0.05) is 24.1 Å². The Kier molecular flexibility index (Phi) is 13.6. The molecule has 0 radical (unpaired) electrons. The smallest absolute Gasteiger partial charge is 0.328 e. The Morgan fingerprint density at radius 1 is 0.661 bits per heavy atom. The van der Waals surface area contributed by atoms with Gasteiger partial charge in [0.1, 0.15) is 29.9 Å². The molecule has 5 aromatic rings. The van der Waals surface area contributed by atoms with Crippen LogP contribution in [0.15, 0.2) is 127 Å². The van der Waals surface area contributed by atoms with Gasteiger partial charge in [-0.25, -0.2) is 4.79 Å². The third-order valence-corrected chi connectivity index (χ3v) is 10.4. The molecule has 2 aliphatic heterocycles. The zero-order chi connectivity index (χ0) is 39.3. The van der Waals surface area contributed by atoms with E-state index in [-0.39, 0.29) is 32.3 Å². The molecule has 4 N–H and O–H groups in total. The van der Waals surface area contributed by atoms with Gasteiger partial charge >= 0.3 is 5.97 Å². The van der Waals surface area contributed by atoms with Gasteiger partial charge in [-0.2, -0.15) is 0 Å². The Morgan fingerprint density at radius 3 is 1.95 bits per heavy atom. The van der Waals surface area contributed by atoms with Crippen LogP contribution in [-0.2, 0) is 54.4 Å². The Hall–Kier alpha value is -6.27. The fourth-order valence-electron chi connectivity index (χ4n) is 6.47. The SMILES string of the molecule is COC(=O)C1Cc2ccc(cc2)OCC(=O)NC(Cc2cccs2)C(=O)NC(Cc2ccc(-c3ccccc3)cc2)C(=O)NC(CCc2ccccc2)C(=O)N1. The van der Waals surface area contributed by atoms with Gasteiger partial charge in [-0.1, -0.05) is 103 Å². The number of thiophene rings is 1. The quantitative estimate of drug-likeness (QED) is 0.127. The maximum Gasteiger partial charge on any atom is 0.328 e. The number of ether oxygens (including phenoxy) is 2. The van der Waals surface area contributed by atoms with Crippen molar-refractivity contribution in [3.05, 3.63) is 148 Å². The summed E-state index contributed by atoms with van der Waals surface area (Å²) < 4.78 is 10.8. The number of carbonyl (C=O) groups excluding carboxylic acids is 5. The number of benzene rings is 4. The summed E-state index contributed by atoms with van der Waals surface area (Å²) in [6.07, 6.45) is 1.00. The standard InChI is InChI=1S/C44H44N4O7S/c1-54-44(53)39-26-31-16-21-34(22-17-31)55-28-40(49)45-38(27-35-13-8-24-56-35)43(52)47-37(25-30-14-19-33(20-15-30)32-11-6-3-7-12-32)42(51)46-36(41(50)48-39)23-18-29-9-4-2-5-10-29/h2-17,19-22,24,36-39H,18,23,25-28H2,1H3,(H,45,49)(H,46,51)(H,47,52)(H,48,50). The van der Waals surface area contributed by atoms with E-state index in [9.17, 15) is 24.0 Å². The minimum atomic E-state index is -1.15. The number of rotatable bonds is 9. The number of aryl methyl sites for hydroxylation is 1. The van der Waals surface area contributed by atoms with Gasteiger partial charge < -0.3 is 30.7 Å². The van der Waals surface area contributed by atoms with Crippen molar-refractivity contribution >= 4 is 40.9 Å². The lowest BCUT2D eigenvalue weighted by atomic mass is 9.99. The average molecular weight is 773 g/mol. The van der Waals surface area contributed by atoms with Gasteiger partial charge in [0.2, 0.25) is 17.7 Å². The zero-order valence-corrected chi connectivity index (χ0v) is 31.8. The molecule has 2 aliphatic rings. The van der Waals surface area contributed by atoms with Crippen molar-refractivity contribution in [2.24, 2.45) is 0 Å². The van der Waals surface area contributed by atoms with Crippen LogP contribution in [0.4, 0.5) is 0 Å². The molecular formula is C44H44N4O7S. The van der Waals surface area contributed by atoms with Crippen LogP contribution in [0.1, 0.15) is 28.0 Å². The van der Waals surface area contributed by atoms with Gasteiger partial charge in [0.25, 0.3) is 5.91 Å². The number of carbonyl (C=O) groups is 5. The van der Waals surface area contributed by atoms with Crippen LogP contribution in [0.3, 0.4) is 0 Å². The Labute approximate surface area is 329 Å². The summed E-state index contributed by atoms with van der Waals surface area (Å²) in [5, 5.41) is 13.3. The summed E-state index contributed by atoms with van der Waals surface area (Å²) in [6.45, 7) is -0.366. The van der Waals surface area contributed by atoms with Gasteiger partial charge in [-0.3, -0.25) is 19.2 Å². The average Bonchev–Trinajstić information content (AvgIpc) is 3.75. The number of methoxy groups -OCH3 is 1. The predicted octanol–water partition coefficient (Wildman–Crippen LogP) is 4.58. The van der Waals surface area contributed by atoms with Crippen molar-refractivity contribution in [2.75, 3.05) is 13.7 Å². The largest absolute Gasteiger partial charge is 0.484 e. The lowest BCUT2D eigenvalue weighted by molar-refractivity contribution is -0.145. The first-order valence-electron chi connectivity index (χ1n) is 18.4. The number of hydrogen-bond donors (Lipinski definition) is 4. The second-order valence-corrected chi connectivity index (χ2v) is 14.6. The summed E-state index contributed by atoms with van der Waals surface area (Å²) in [7, 11) is 1.24. The molecule has 0 fully saturated rings. The lowest BCUT2D eigenvalue weighted by Gasteiger charge is -2.26. The number of esters is 1. The molecule has 0 aliphatic carbocycles. The minimum absolute atomic E-state index is 0.0845. The van der Waals surface area contributed by atoms with E-state index < -0.39 is 53.8 Å². The molecule has 4 atom stereocenters. The first-order chi connectivity index (χ1) is 27.2. The van der Waals surface area contributed by atoms with Crippen molar-refractivity contribution in [3.63, 3.8) is 0 Å². The second kappa shape index (κ2) is 19.4. The third kappa shape index (κ3) is 11.1. The van der Waals surface area contributed by atoms with Gasteiger partial charge in [0.15, 0.2) is 6.61 Å². The molecule has 56 heavy (non-hydrogen) atoms. The van der Waals surface area contributed by atoms with Crippen LogP contribution in [0.25, 0.3) is 11.1 Å². The molecule has 4 aromatic carbocycles. The molecule has 0 spiro atoms. The van der Waals surface area contributed by atoms with Gasteiger partial charge in [-0.05, 0) is 64.2 Å². The maximum atomic E-state index is 14.4. The highest BCUT2D eigenvalue weighted by atomic mass is 32.1. The van der Waals surface area contributed by atoms with Crippen molar-refractivity contribution < 1.29 is 33.4 Å². The van der Waals surface area contributed by atoms with E-state index in [4.69, 9.17) is 9.47 Å². The molecule has 11 nitrogen and oxygen atoms in total. The van der Waals surface area contributed by atoms with Crippen LogP contribution in [0.5, 0.6) is 5.75 Å². The van der Waals surface area contributed by atoms with Crippen LogP contribution in [0, 0.1) is 0 Å². The molecule has 1 aromatic heterocycles. The number of amides is 4. The maximum absolute atomic E-state index is 14.4. The predicted molar refractivity (Wildman–Crippen MR) is 214 cm³/mol. The van der Waals surface area contributed by atoms with Crippen LogP contribution < -0.4 is 26.0 Å². The lowest BCUT2D eigenvalue weighted by Crippen LogP contribution is -2.59. The van der Waals surface area contributed by atoms with E-state index in [0.29, 0.717) is 17.7 Å². The number of nitrogens with one attached hydrogen (secondary N) is 4. The molecule has 7 rings (SSSR count). The van der Waals surface area contributed by atoms with E-state index in [0.717, 1.165) is 27.1 Å². The Bertz CT molecular complexity index is 2080. The molecule has 4 unspecified atom stereocenters. The zero-order valence-electron chi connectivity index (χ0n) is 30.9. The highest BCUT2D eigenvalue weighted by Gasteiger charge is 2.32. The van der Waals surface area contributed by atoms with Crippen molar-refractivity contribution in [1.82, 2.24) is 21.3 Å². The van der Waals surface area contributed by atoms with Crippen molar-refractivity contribution in [3.8, 4) is 16.9 Å². The van der Waals surface area contributed by atoms with Crippen molar-refractivity contribution in [2.45, 2.75) is 56.3 Å². The van der Waals surface area contributed by atoms with Gasteiger partial charge in [-0.15, -0.1) is 11.3 Å². The Balaban J connectivity index is 1.33. The summed E-state index contributed by atoms with van der Waals surface area (Å²) in [4.78, 5) is 69.7. The topological polar surface area (TPSA) is 152 Å². The fraction of sp³-hybridized carbons (Fsp3) is 0.250. The first-order valence-corrected chi connectivity index (χ1v) is 19.3. The normalized spacial score (nSPS) is 19.5. The van der Waals surface area contributed by atoms with E-state index in [1.807, 2.05) is 102 Å². The molecule has 0 saturated carbocycles. The first kappa shape index (κ1) is 39.4. The summed E-state index contributed by atoms with van der Waals surface area (Å²) in [5.41, 5.74) is 4.42. The molecule has 4 amide bonds. The summed E-state index contributed by atoms with van der Waals surface area (Å²) >= 11 is 1.44. The van der Waals surface area contributed by atoms with E-state index in [2.05, 4.69) is 21.3 Å². The fourth-order valence-corrected chi connectivity index (χ4v) is 7.22. The summed E-state index contributed by atoms with van der Waals surface area (Å²) in [6, 6.07) is 33.2. The molecule has 288 valence electrons. The summed E-state index contributed by atoms with van der Waals surface area (Å²) in [5.74, 6) is -2.55. The highest BCUT2D eigenvalue weighted by molar-refractivity contribution is 7.09. The van der Waals surface area contributed by atoms with Crippen molar-refractivity contribution in [1.29, 1.82) is 0 Å². The molecular weight excluding hydrogens is 729 g/mol. The Morgan fingerprint density at radius 2 is 1.29 bits per heavy atom. The molecule has 3 heterocycles. The minimum Gasteiger partial charge on any atom is -0.484 e. The molecule has 0 saturated heterocycles. The number of hydrogen-bond acceptors (Lipinski definition) is 8. The molecule has 12 heteroatoms. The second-order valence-electron chi connectivity index (χ2n) is 13.5. The third-order valence-electron chi connectivity index (χ3n) is 9.50. The van der Waals surface area contributed by atoms with E-state index in [1.54, 1.807) is 24.3 Å². The van der Waals surface area contributed by atoms with E-state index in [1.165, 1.54) is 18.4 Å². The van der Waals surface area contributed by atoms with Gasteiger partial charge in [0.05, 0.1) is 7.11 Å². The van der Waals surface area contributed by atoms with E-state index >= 15 is 0 Å².